The van der Waals surface area contributed by atoms with E-state index in [0.717, 1.165) is 11.8 Å². The lowest BCUT2D eigenvalue weighted by Crippen LogP contribution is -2.34. The minimum atomic E-state index is -4.24. The molecule has 0 aliphatic heterocycles. The van der Waals surface area contributed by atoms with E-state index < -0.39 is 16.1 Å². The lowest BCUT2D eigenvalue weighted by Gasteiger charge is -2.15. The molecule has 0 heterocycles. The molecule has 0 amide bonds. The van der Waals surface area contributed by atoms with Crippen molar-refractivity contribution in [2.75, 3.05) is 7.11 Å². The number of guanidine groups is 1. The van der Waals surface area contributed by atoms with E-state index in [9.17, 15) is 13.5 Å². The molecule has 0 bridgehead atoms. The largest absolute Gasteiger partial charge is 0.507 e. The lowest BCUT2D eigenvalue weighted by atomic mass is 10.2. The van der Waals surface area contributed by atoms with Crippen molar-refractivity contribution in [1.82, 2.24) is 5.17 Å². The highest BCUT2D eigenvalue weighted by Gasteiger charge is 2.21. The quantitative estimate of drug-likeness (QED) is 0.394. The van der Waals surface area contributed by atoms with Crippen molar-refractivity contribution in [3.05, 3.63) is 53.6 Å². The zero-order valence-corrected chi connectivity index (χ0v) is 14.9. The van der Waals surface area contributed by atoms with Crippen LogP contribution >= 0.6 is 0 Å². The average Bonchev–Trinajstić information content (AvgIpc) is 2.59. The molecule has 0 fully saturated rings. The molecule has 2 aromatic carbocycles. The predicted octanol–water partition coefficient (Wildman–Crippen LogP) is 1.56. The highest BCUT2D eigenvalue weighted by Crippen LogP contribution is 2.22. The molecule has 4 N–H and O–H groups in total. The summed E-state index contributed by atoms with van der Waals surface area (Å²) in [7, 11) is -2.79. The van der Waals surface area contributed by atoms with E-state index in [1.807, 2.05) is 6.92 Å². The minimum Gasteiger partial charge on any atom is -0.507 e. The Balaban J connectivity index is 2.24. The molecule has 0 saturated carbocycles. The maximum atomic E-state index is 12.3. The second-order valence-electron chi connectivity index (χ2n) is 5.17. The van der Waals surface area contributed by atoms with Gasteiger partial charge in [-0.1, -0.05) is 22.9 Å². The van der Waals surface area contributed by atoms with Crippen LogP contribution in [0.4, 0.5) is 0 Å². The van der Waals surface area contributed by atoms with Crippen LogP contribution < -0.4 is 10.5 Å². The third kappa shape index (κ3) is 4.71. The van der Waals surface area contributed by atoms with Gasteiger partial charge in [0.25, 0.3) is 0 Å². The molecule has 26 heavy (non-hydrogen) atoms. The molecule has 2 aromatic rings. The third-order valence-electron chi connectivity index (χ3n) is 3.22. The molecular formula is C16H18N4O5S. The summed E-state index contributed by atoms with van der Waals surface area (Å²) in [5, 5.41) is 21.3. The van der Waals surface area contributed by atoms with Crippen molar-refractivity contribution < 1.29 is 22.5 Å². The van der Waals surface area contributed by atoms with Gasteiger partial charge in [0.15, 0.2) is 0 Å². The first-order valence-electron chi connectivity index (χ1n) is 7.29. The second-order valence-corrected chi connectivity index (χ2v) is 6.70. The van der Waals surface area contributed by atoms with Crippen molar-refractivity contribution in [2.24, 2.45) is 10.8 Å². The van der Waals surface area contributed by atoms with E-state index in [0.29, 0.717) is 10.9 Å². The molecule has 10 heteroatoms. The summed E-state index contributed by atoms with van der Waals surface area (Å²) in [6, 6.07) is 10.3. The van der Waals surface area contributed by atoms with Crippen LogP contribution in [0.3, 0.4) is 0 Å². The second kappa shape index (κ2) is 7.85. The predicted molar refractivity (Wildman–Crippen MR) is 95.5 cm³/mol. The summed E-state index contributed by atoms with van der Waals surface area (Å²) in [6.07, 6.45) is 1.10. The summed E-state index contributed by atoms with van der Waals surface area (Å²) in [5.74, 6) is -0.482. The molecular weight excluding hydrogens is 360 g/mol. The fourth-order valence-electron chi connectivity index (χ4n) is 1.84. The summed E-state index contributed by atoms with van der Waals surface area (Å²) in [4.78, 5) is -0.114. The molecule has 0 atom stereocenters. The first kappa shape index (κ1) is 19.2. The normalized spacial score (nSPS) is 11.5. The van der Waals surface area contributed by atoms with E-state index in [1.54, 1.807) is 18.2 Å². The number of phenols is 1. The number of nitrogens with two attached hydrogens (primary N) is 1. The zero-order valence-electron chi connectivity index (χ0n) is 14.1. The van der Waals surface area contributed by atoms with Crippen LogP contribution in [-0.2, 0) is 14.4 Å². The Hall–Kier alpha value is -3.11. The van der Waals surface area contributed by atoms with E-state index in [4.69, 9.17) is 20.2 Å². The smallest absolute Gasteiger partial charge is 0.319 e. The first-order valence-corrected chi connectivity index (χ1v) is 8.70. The van der Waals surface area contributed by atoms with Crippen molar-refractivity contribution >= 4 is 22.3 Å². The SMILES string of the molecule is COc1ccc(C=NN(OS(=O)(=O)c2ccc(C)cc2)C(=N)N)c(O)c1. The van der Waals surface area contributed by atoms with Crippen molar-refractivity contribution in [3.8, 4) is 11.5 Å². The highest BCUT2D eigenvalue weighted by molar-refractivity contribution is 7.86. The van der Waals surface area contributed by atoms with E-state index in [-0.39, 0.29) is 16.2 Å². The number of hydrogen-bond donors (Lipinski definition) is 3. The number of nitrogens with one attached hydrogen (secondary N) is 1. The van der Waals surface area contributed by atoms with Crippen LogP contribution in [0.2, 0.25) is 0 Å². The highest BCUT2D eigenvalue weighted by atomic mass is 32.2. The Morgan fingerprint density at radius 3 is 2.46 bits per heavy atom. The first-order chi connectivity index (χ1) is 12.2. The van der Waals surface area contributed by atoms with Gasteiger partial charge < -0.3 is 15.6 Å². The Morgan fingerprint density at radius 2 is 1.92 bits per heavy atom. The Kier molecular flexibility index (Phi) is 5.80. The maximum Gasteiger partial charge on any atom is 0.319 e. The molecule has 0 unspecified atom stereocenters. The number of benzene rings is 2. The van der Waals surface area contributed by atoms with Gasteiger partial charge in [0.2, 0.25) is 5.96 Å². The number of hydroxylamine groups is 1. The average molecular weight is 378 g/mol. The van der Waals surface area contributed by atoms with Crippen LogP contribution in [-0.4, -0.2) is 38.0 Å². The van der Waals surface area contributed by atoms with Gasteiger partial charge in [-0.3, -0.25) is 5.41 Å². The minimum absolute atomic E-state index is 0.114. The molecule has 0 aliphatic rings. The van der Waals surface area contributed by atoms with Crippen LogP contribution in [0, 0.1) is 12.3 Å². The van der Waals surface area contributed by atoms with Gasteiger partial charge in [-0.2, -0.15) is 8.42 Å². The van der Waals surface area contributed by atoms with Crippen molar-refractivity contribution in [3.63, 3.8) is 0 Å². The van der Waals surface area contributed by atoms with Crippen LogP contribution in [0.15, 0.2) is 52.5 Å². The maximum absolute atomic E-state index is 12.3. The number of ether oxygens (including phenoxy) is 1. The van der Waals surface area contributed by atoms with Crippen LogP contribution in [0.25, 0.3) is 0 Å². The number of aryl methyl sites for hydroxylation is 1. The molecule has 0 aliphatic carbocycles. The standard InChI is InChI=1S/C16H18N4O5S/c1-11-3-7-14(8-4-11)26(22,23)25-20(16(17)18)19-10-12-5-6-13(24-2)9-15(12)21/h3-10,21H,1-2H3,(H3,17,18). The van der Waals surface area contributed by atoms with Crippen LogP contribution in [0.1, 0.15) is 11.1 Å². The molecule has 0 spiro atoms. The van der Waals surface area contributed by atoms with Crippen molar-refractivity contribution in [2.45, 2.75) is 11.8 Å². The number of phenolic OH excluding ortho intramolecular Hbond substituents is 1. The number of aromatic hydroxyl groups is 1. The molecule has 2 rings (SSSR count). The van der Waals surface area contributed by atoms with Gasteiger partial charge in [0, 0.05) is 11.6 Å². The molecule has 0 aromatic heterocycles. The fraction of sp³-hybridized carbons (Fsp3) is 0.125. The van der Waals surface area contributed by atoms with Gasteiger partial charge in [0.1, 0.15) is 11.5 Å². The van der Waals surface area contributed by atoms with E-state index in [1.165, 1.54) is 31.4 Å². The Labute approximate surface area is 150 Å². The van der Waals surface area contributed by atoms with Crippen LogP contribution in [0.5, 0.6) is 11.5 Å². The van der Waals surface area contributed by atoms with E-state index >= 15 is 0 Å². The van der Waals surface area contributed by atoms with Crippen molar-refractivity contribution in [1.29, 1.82) is 5.41 Å². The molecule has 9 nitrogen and oxygen atoms in total. The van der Waals surface area contributed by atoms with Gasteiger partial charge in [-0.25, -0.2) is 0 Å². The monoisotopic (exact) mass is 378 g/mol. The lowest BCUT2D eigenvalue weighted by molar-refractivity contribution is 0.0284. The number of methoxy groups -OCH3 is 1. The van der Waals surface area contributed by atoms with Gasteiger partial charge in [-0.15, -0.1) is 9.39 Å². The number of rotatable bonds is 6. The summed E-state index contributed by atoms with van der Waals surface area (Å²) in [6.45, 7) is 1.81. The zero-order chi connectivity index (χ0) is 19.3. The van der Waals surface area contributed by atoms with E-state index in [2.05, 4.69) is 5.10 Å². The Bertz CT molecular complexity index is 926. The summed E-state index contributed by atoms with van der Waals surface area (Å²) < 4.78 is 34.3. The number of nitrogens with zero attached hydrogens (tertiary/aromatic N) is 2. The van der Waals surface area contributed by atoms with Gasteiger partial charge >= 0.3 is 10.1 Å². The number of hydrogen-bond acceptors (Lipinski definition) is 7. The Morgan fingerprint density at radius 1 is 1.27 bits per heavy atom. The summed E-state index contributed by atoms with van der Waals surface area (Å²) in [5.41, 5.74) is 6.44. The summed E-state index contributed by atoms with van der Waals surface area (Å²) >= 11 is 0. The molecule has 0 radical (unpaired) electrons. The number of hydrazone groups is 1. The molecule has 138 valence electrons. The fourth-order valence-corrected chi connectivity index (χ4v) is 2.70. The topological polar surface area (TPSA) is 138 Å². The molecule has 0 saturated heterocycles. The third-order valence-corrected chi connectivity index (χ3v) is 4.41. The van der Waals surface area contributed by atoms with Gasteiger partial charge in [0.05, 0.1) is 18.2 Å². The van der Waals surface area contributed by atoms with Gasteiger partial charge in [-0.05, 0) is 31.2 Å².